The molecule has 0 aliphatic heterocycles. The molecule has 0 atom stereocenters. The van der Waals surface area contributed by atoms with Gasteiger partial charge >= 0.3 is 85.5 Å². The largest absolute Gasteiger partial charge is 2.00 e. The molecule has 0 bridgehead atoms. The minimum atomic E-state index is -10.7. The van der Waals surface area contributed by atoms with Gasteiger partial charge in [0.15, 0.2) is 0 Å². The predicted molar refractivity (Wildman–Crippen MR) is 238 cm³/mol. The van der Waals surface area contributed by atoms with E-state index in [9.17, 15) is 60.0 Å². The molecule has 0 spiro atoms. The first-order chi connectivity index (χ1) is 30.7. The minimum Gasteiger partial charge on any atom is -0.399 e. The summed E-state index contributed by atoms with van der Waals surface area (Å²) in [6.07, 6.45) is 8.58. The van der Waals surface area contributed by atoms with Crippen LogP contribution in [0.25, 0.3) is 56.7 Å². The van der Waals surface area contributed by atoms with Gasteiger partial charge in [0.05, 0.1) is 45.6 Å². The first-order valence-corrected chi connectivity index (χ1v) is 22.6. The molecule has 6 aromatic heterocycles. The fourth-order valence-corrected chi connectivity index (χ4v) is 4.41. The molecule has 0 aliphatic carbocycles. The van der Waals surface area contributed by atoms with Crippen LogP contribution in [0.3, 0.4) is 0 Å². The van der Waals surface area contributed by atoms with Crippen molar-refractivity contribution in [1.29, 1.82) is 0 Å². The summed E-state index contributed by atoms with van der Waals surface area (Å²) in [6, 6.07) is 41.0. The van der Waals surface area contributed by atoms with Crippen molar-refractivity contribution in [1.82, 2.24) is 39.7 Å². The van der Waals surface area contributed by atoms with Crippen LogP contribution in [0.5, 0.6) is 0 Å². The third kappa shape index (κ3) is 30.7. The quantitative estimate of drug-likeness (QED) is 0.0542. The van der Waals surface area contributed by atoms with Gasteiger partial charge in [0, 0.05) is 58.7 Å². The van der Waals surface area contributed by atoms with E-state index in [4.69, 9.17) is 10.7 Å². The number of nitrogens with zero attached hydrogens (tertiary/aromatic N) is 8. The molecule has 0 unspecified atom stereocenters. The number of nitrogens with two attached hydrogens (primary N) is 1. The Hall–Kier alpha value is -6.50. The van der Waals surface area contributed by atoms with Gasteiger partial charge < -0.3 is 15.5 Å². The number of nitrogen functional groups attached to an aromatic ring is 1. The average Bonchev–Trinajstić information content (AvgIpc) is 3.26. The zero-order valence-corrected chi connectivity index (χ0v) is 39.4. The normalized spacial score (nSPS) is 12.4. The maximum absolute atomic E-state index is 10.7. The van der Waals surface area contributed by atoms with Gasteiger partial charge in [-0.15, -0.1) is 0 Å². The molecule has 368 valence electrons. The van der Waals surface area contributed by atoms with Crippen molar-refractivity contribution in [2.45, 2.75) is 0 Å². The summed E-state index contributed by atoms with van der Waals surface area (Å²) in [5.41, 5.74) is 15.4. The van der Waals surface area contributed by atoms with Crippen LogP contribution in [-0.4, -0.2) is 80.7 Å². The number of carbonyl (C=O) groups is 2. The smallest absolute Gasteiger partial charge is 0.399 e. The van der Waals surface area contributed by atoms with Crippen LogP contribution in [0.1, 0.15) is 0 Å². The average molecular weight is 1090 g/mol. The van der Waals surface area contributed by atoms with Crippen LogP contribution in [-0.2, 0) is 29.1 Å². The summed E-state index contributed by atoms with van der Waals surface area (Å²) in [4.78, 5) is 48.6. The van der Waals surface area contributed by atoms with Crippen molar-refractivity contribution in [3.05, 3.63) is 152 Å². The molecule has 0 saturated heterocycles. The molecular weight excluding hydrogens is 1050 g/mol. The van der Waals surface area contributed by atoms with Crippen molar-refractivity contribution in [3.8, 4) is 56.7 Å². The minimum absolute atomic E-state index is 0. The number of benzene rings is 1. The van der Waals surface area contributed by atoms with E-state index in [1.165, 1.54) is 9.80 Å². The Morgan fingerprint density at radius 3 is 0.897 bits per heavy atom. The second-order valence-electron chi connectivity index (χ2n) is 13.6. The molecule has 0 fully saturated rings. The number of carbonyl (C=O) groups excluding carboxylic acids is 2. The van der Waals surface area contributed by atoms with Gasteiger partial charge in [-0.1, -0.05) is 42.5 Å². The second-order valence-corrected chi connectivity index (χ2v) is 17.4. The Kier molecular flexibility index (Phi) is 20.6. The molecule has 1 aromatic carbocycles. The number of hydrogen-bond acceptors (Lipinski definition) is 9. The molecule has 26 heteroatoms. The standard InChI is InChI=1S/C21H16N4.C15H11N3.2C3H7NO.2F6P.Ru/c22-17-9-7-15(8-10-17)16-13-20(18-5-1-3-11-23-18)25-21(14-16)19-6-2-4-12-24-19;1-3-10-16-12(6-1)14-8-5-9-15(18-14)13-7-2-4-11-17-13;2*1-4(2)3-5;2*1-7(2,3,4,5)6;/h1-14H,22H2;1-11H;2*3H,1-2H3;;;/q;;;;2*-1;+2. The van der Waals surface area contributed by atoms with Crippen molar-refractivity contribution in [3.63, 3.8) is 0 Å². The molecule has 0 saturated carbocycles. The van der Waals surface area contributed by atoms with E-state index in [1.54, 1.807) is 53.0 Å². The molecule has 0 radical (unpaired) electrons. The van der Waals surface area contributed by atoms with Gasteiger partial charge in [0.1, 0.15) is 0 Å². The molecule has 2 amide bonds. The molecular formula is C42H41F12N9O2P2Ru. The number of pyridine rings is 6. The van der Waals surface area contributed by atoms with Crippen molar-refractivity contribution in [2.24, 2.45) is 0 Å². The summed E-state index contributed by atoms with van der Waals surface area (Å²) in [7, 11) is -14.6. The van der Waals surface area contributed by atoms with Gasteiger partial charge in [-0.2, -0.15) is 0 Å². The summed E-state index contributed by atoms with van der Waals surface area (Å²) in [5.74, 6) is 0. The van der Waals surface area contributed by atoms with Gasteiger partial charge in [-0.05, 0) is 96.1 Å². The van der Waals surface area contributed by atoms with Crippen LogP contribution in [0.2, 0.25) is 0 Å². The van der Waals surface area contributed by atoms with E-state index >= 15 is 0 Å². The van der Waals surface area contributed by atoms with Gasteiger partial charge in [-0.3, -0.25) is 29.5 Å². The van der Waals surface area contributed by atoms with E-state index in [1.807, 2.05) is 127 Å². The second kappa shape index (κ2) is 23.5. The third-order valence-electron chi connectivity index (χ3n) is 6.95. The topological polar surface area (TPSA) is 144 Å². The van der Waals surface area contributed by atoms with E-state index in [-0.39, 0.29) is 19.5 Å². The first kappa shape index (κ1) is 59.5. The van der Waals surface area contributed by atoms with Crippen LogP contribution in [0.4, 0.5) is 56.1 Å². The number of rotatable bonds is 7. The maximum atomic E-state index is 9.87. The van der Waals surface area contributed by atoms with Crippen LogP contribution < -0.4 is 5.73 Å². The number of anilines is 1. The van der Waals surface area contributed by atoms with Crippen molar-refractivity contribution in [2.75, 3.05) is 33.9 Å². The van der Waals surface area contributed by atoms with E-state index in [0.29, 0.717) is 0 Å². The fraction of sp³-hybridized carbons (Fsp3) is 0.0952. The molecule has 0 aliphatic rings. The molecule has 11 nitrogen and oxygen atoms in total. The van der Waals surface area contributed by atoms with Crippen LogP contribution in [0.15, 0.2) is 152 Å². The third-order valence-corrected chi connectivity index (χ3v) is 6.95. The summed E-state index contributed by atoms with van der Waals surface area (Å²) in [6.45, 7) is 0. The Balaban J connectivity index is 0.000000467. The Morgan fingerprint density at radius 2 is 0.647 bits per heavy atom. The summed E-state index contributed by atoms with van der Waals surface area (Å²) < 4.78 is 118. The van der Waals surface area contributed by atoms with E-state index in [2.05, 4.69) is 24.9 Å². The Labute approximate surface area is 394 Å². The molecule has 6 heterocycles. The van der Waals surface area contributed by atoms with Crippen LogP contribution >= 0.6 is 15.6 Å². The number of hydrogen-bond donors (Lipinski definition) is 1. The van der Waals surface area contributed by atoms with Gasteiger partial charge in [-0.25, -0.2) is 9.97 Å². The molecule has 68 heavy (non-hydrogen) atoms. The van der Waals surface area contributed by atoms with E-state index < -0.39 is 15.6 Å². The SMILES string of the molecule is CN(C)C=O.CN(C)C=O.F[P-](F)(F)(F)(F)F.F[P-](F)(F)(F)(F)F.Nc1ccc(-c2cc(-c3ccccn3)nc(-c3ccccn3)c2)cc1.[Ru+2].c1ccc(-c2cccc(-c3ccccn3)n2)nc1. The number of amides is 2. The Bertz CT molecular complexity index is 2440. The van der Waals surface area contributed by atoms with E-state index in [0.717, 1.165) is 75.2 Å². The first-order valence-electron chi connectivity index (χ1n) is 18.5. The Morgan fingerprint density at radius 1 is 0.397 bits per heavy atom. The maximum Gasteiger partial charge on any atom is 2.00 e. The zero-order chi connectivity index (χ0) is 50.7. The molecule has 2 N–H and O–H groups in total. The fourth-order valence-electron chi connectivity index (χ4n) is 4.41. The van der Waals surface area contributed by atoms with Crippen molar-refractivity contribution < 1.29 is 79.4 Å². The predicted octanol–water partition coefficient (Wildman–Crippen LogP) is 13.8. The number of aromatic nitrogens is 6. The summed E-state index contributed by atoms with van der Waals surface area (Å²) in [5, 5.41) is 0. The van der Waals surface area contributed by atoms with Crippen molar-refractivity contribution >= 4 is 34.1 Å². The van der Waals surface area contributed by atoms with Gasteiger partial charge in [0.2, 0.25) is 12.8 Å². The molecule has 7 aromatic rings. The monoisotopic (exact) mass is 1100 g/mol. The molecule has 7 rings (SSSR count). The van der Waals surface area contributed by atoms with Gasteiger partial charge in [0.25, 0.3) is 0 Å². The van der Waals surface area contributed by atoms with Crippen LogP contribution in [0, 0.1) is 0 Å². The zero-order valence-electron chi connectivity index (χ0n) is 35.8. The number of halogens is 12. The summed E-state index contributed by atoms with van der Waals surface area (Å²) >= 11 is 0.